The number of aromatic nitrogens is 2. The Labute approximate surface area is 164 Å². The second kappa shape index (κ2) is 9.87. The van der Waals surface area contributed by atoms with Crippen LogP contribution in [0.5, 0.6) is 0 Å². The maximum atomic E-state index is 4.33. The number of hydrogen-bond acceptors (Lipinski definition) is 4. The number of nitrogens with zero attached hydrogens (tertiary/aromatic N) is 4. The highest BCUT2D eigenvalue weighted by Crippen LogP contribution is 2.24. The first-order valence-electron chi connectivity index (χ1n) is 8.06. The largest absolute Gasteiger partial charge is 0.363 e. The summed E-state index contributed by atoms with van der Waals surface area (Å²) in [6, 6.07) is 4.82. The van der Waals surface area contributed by atoms with Gasteiger partial charge in [-0.25, -0.2) is 4.98 Å². The standard InChI is InChI=1S/C16H24N6S.HI/c1-17-16(19-7-11-21-10-6-18-13-21)20-14-4-8-22(9-5-14)15-3-2-12-23-15;/h2-3,6,10,12-14H,4-5,7-9,11H2,1H3,(H2,17,19,20);1H. The van der Waals surface area contributed by atoms with Gasteiger partial charge in [-0.15, -0.1) is 35.3 Å². The van der Waals surface area contributed by atoms with Gasteiger partial charge in [0.2, 0.25) is 0 Å². The second-order valence-electron chi connectivity index (χ2n) is 5.66. The van der Waals surface area contributed by atoms with Crippen molar-refractivity contribution in [2.75, 3.05) is 31.6 Å². The predicted octanol–water partition coefficient (Wildman–Crippen LogP) is 2.40. The van der Waals surface area contributed by atoms with Crippen molar-refractivity contribution in [1.82, 2.24) is 20.2 Å². The van der Waals surface area contributed by atoms with Crippen molar-refractivity contribution in [2.24, 2.45) is 4.99 Å². The molecule has 0 spiro atoms. The van der Waals surface area contributed by atoms with E-state index in [-0.39, 0.29) is 24.0 Å². The maximum absolute atomic E-state index is 4.33. The van der Waals surface area contributed by atoms with Crippen LogP contribution in [0.4, 0.5) is 5.00 Å². The quantitative estimate of drug-likeness (QED) is 0.409. The Kier molecular flexibility index (Phi) is 7.83. The van der Waals surface area contributed by atoms with Crippen LogP contribution in [0.2, 0.25) is 0 Å². The first-order valence-corrected chi connectivity index (χ1v) is 8.94. The number of aliphatic imine (C=N–C) groups is 1. The number of halogens is 1. The van der Waals surface area contributed by atoms with Crippen LogP contribution in [-0.4, -0.2) is 48.2 Å². The van der Waals surface area contributed by atoms with E-state index in [0.29, 0.717) is 6.04 Å². The van der Waals surface area contributed by atoms with E-state index in [9.17, 15) is 0 Å². The van der Waals surface area contributed by atoms with E-state index < -0.39 is 0 Å². The zero-order valence-electron chi connectivity index (χ0n) is 13.9. The van der Waals surface area contributed by atoms with E-state index >= 15 is 0 Å². The molecule has 3 rings (SSSR count). The Bertz CT molecular complexity index is 590. The molecule has 3 heterocycles. The molecular formula is C16H25IN6S. The van der Waals surface area contributed by atoms with Gasteiger partial charge in [0.05, 0.1) is 11.3 Å². The lowest BCUT2D eigenvalue weighted by molar-refractivity contribution is 0.462. The monoisotopic (exact) mass is 460 g/mol. The number of imidazole rings is 1. The Hall–Kier alpha value is -1.29. The topological polar surface area (TPSA) is 57.5 Å². The molecule has 2 aromatic heterocycles. The smallest absolute Gasteiger partial charge is 0.191 e. The molecule has 0 aromatic carbocycles. The number of thiophene rings is 1. The van der Waals surface area contributed by atoms with Gasteiger partial charge in [-0.1, -0.05) is 0 Å². The highest BCUT2D eigenvalue weighted by atomic mass is 127. The minimum absolute atomic E-state index is 0. The summed E-state index contributed by atoms with van der Waals surface area (Å²) < 4.78 is 2.06. The number of piperidine rings is 1. The summed E-state index contributed by atoms with van der Waals surface area (Å²) in [7, 11) is 1.83. The number of rotatable bonds is 5. The predicted molar refractivity (Wildman–Crippen MR) is 112 cm³/mol. The van der Waals surface area contributed by atoms with Crippen LogP contribution in [0.3, 0.4) is 0 Å². The molecule has 8 heteroatoms. The molecule has 1 aliphatic rings. The highest BCUT2D eigenvalue weighted by Gasteiger charge is 2.20. The summed E-state index contributed by atoms with van der Waals surface area (Å²) in [5.41, 5.74) is 0. The van der Waals surface area contributed by atoms with E-state index in [4.69, 9.17) is 0 Å². The van der Waals surface area contributed by atoms with Crippen molar-refractivity contribution in [3.8, 4) is 0 Å². The van der Waals surface area contributed by atoms with Crippen LogP contribution in [0.25, 0.3) is 0 Å². The molecule has 6 nitrogen and oxygen atoms in total. The van der Waals surface area contributed by atoms with Gasteiger partial charge < -0.3 is 20.1 Å². The molecule has 24 heavy (non-hydrogen) atoms. The van der Waals surface area contributed by atoms with Crippen LogP contribution in [0.15, 0.2) is 41.2 Å². The van der Waals surface area contributed by atoms with Crippen molar-refractivity contribution in [2.45, 2.75) is 25.4 Å². The van der Waals surface area contributed by atoms with Crippen LogP contribution < -0.4 is 15.5 Å². The molecule has 1 aliphatic heterocycles. The van der Waals surface area contributed by atoms with Gasteiger partial charge in [0.25, 0.3) is 0 Å². The zero-order chi connectivity index (χ0) is 15.9. The zero-order valence-corrected chi connectivity index (χ0v) is 17.0. The van der Waals surface area contributed by atoms with Gasteiger partial charge in [-0.2, -0.15) is 0 Å². The van der Waals surface area contributed by atoms with Crippen molar-refractivity contribution in [1.29, 1.82) is 0 Å². The maximum Gasteiger partial charge on any atom is 0.191 e. The average molecular weight is 460 g/mol. The van der Waals surface area contributed by atoms with E-state index in [1.165, 1.54) is 5.00 Å². The molecule has 0 atom stereocenters. The Balaban J connectivity index is 0.00000208. The first kappa shape index (κ1) is 19.0. The van der Waals surface area contributed by atoms with Gasteiger partial charge in [-0.3, -0.25) is 4.99 Å². The summed E-state index contributed by atoms with van der Waals surface area (Å²) in [5.74, 6) is 0.889. The molecule has 0 radical (unpaired) electrons. The minimum Gasteiger partial charge on any atom is -0.363 e. The van der Waals surface area contributed by atoms with Crippen LogP contribution in [0.1, 0.15) is 12.8 Å². The van der Waals surface area contributed by atoms with Gasteiger partial charge in [0, 0.05) is 51.7 Å². The number of anilines is 1. The molecule has 1 saturated heterocycles. The van der Waals surface area contributed by atoms with E-state index in [1.54, 1.807) is 6.20 Å². The van der Waals surface area contributed by atoms with Crippen LogP contribution >= 0.6 is 35.3 Å². The molecule has 2 aromatic rings. The third kappa shape index (κ3) is 5.37. The lowest BCUT2D eigenvalue weighted by Gasteiger charge is -2.33. The lowest BCUT2D eigenvalue weighted by atomic mass is 10.1. The van der Waals surface area contributed by atoms with Crippen molar-refractivity contribution in [3.63, 3.8) is 0 Å². The van der Waals surface area contributed by atoms with Gasteiger partial charge in [-0.05, 0) is 30.4 Å². The fourth-order valence-electron chi connectivity index (χ4n) is 2.80. The molecule has 1 fully saturated rings. The van der Waals surface area contributed by atoms with Crippen molar-refractivity contribution in [3.05, 3.63) is 36.2 Å². The third-order valence-corrected chi connectivity index (χ3v) is 5.03. The normalized spacial score (nSPS) is 15.9. The molecule has 0 aliphatic carbocycles. The summed E-state index contributed by atoms with van der Waals surface area (Å²) >= 11 is 1.82. The number of hydrogen-bond donors (Lipinski definition) is 2. The SMILES string of the molecule is CN=C(NCCn1ccnc1)NC1CCN(c2cccs2)CC1.I. The summed E-state index contributed by atoms with van der Waals surface area (Å²) in [6.07, 6.45) is 7.88. The Morgan fingerprint density at radius 1 is 1.42 bits per heavy atom. The van der Waals surface area contributed by atoms with Crippen molar-refractivity contribution >= 4 is 46.3 Å². The number of nitrogens with one attached hydrogen (secondary N) is 2. The van der Waals surface area contributed by atoms with Gasteiger partial charge >= 0.3 is 0 Å². The molecule has 0 unspecified atom stereocenters. The van der Waals surface area contributed by atoms with E-state index in [0.717, 1.165) is 45.0 Å². The third-order valence-electron chi connectivity index (χ3n) is 4.10. The van der Waals surface area contributed by atoms with Crippen molar-refractivity contribution < 1.29 is 0 Å². The summed E-state index contributed by atoms with van der Waals surface area (Å²) in [4.78, 5) is 10.8. The van der Waals surface area contributed by atoms with E-state index in [2.05, 4.69) is 47.6 Å². The minimum atomic E-state index is 0. The lowest BCUT2D eigenvalue weighted by Crippen LogP contribution is -2.49. The average Bonchev–Trinajstić information content (AvgIpc) is 3.28. The van der Waals surface area contributed by atoms with E-state index in [1.807, 2.05) is 30.9 Å². The van der Waals surface area contributed by atoms with Crippen LogP contribution in [0, 0.1) is 0 Å². The first-order chi connectivity index (χ1) is 11.3. The van der Waals surface area contributed by atoms with Crippen LogP contribution in [-0.2, 0) is 6.54 Å². The Morgan fingerprint density at radius 2 is 2.25 bits per heavy atom. The molecule has 132 valence electrons. The number of guanidine groups is 1. The molecule has 0 bridgehead atoms. The molecule has 0 amide bonds. The highest BCUT2D eigenvalue weighted by molar-refractivity contribution is 14.0. The molecular weight excluding hydrogens is 435 g/mol. The van der Waals surface area contributed by atoms with Gasteiger partial charge in [0.1, 0.15) is 0 Å². The second-order valence-corrected chi connectivity index (χ2v) is 6.58. The Morgan fingerprint density at radius 3 is 2.88 bits per heavy atom. The molecule has 2 N–H and O–H groups in total. The fourth-order valence-corrected chi connectivity index (χ4v) is 3.59. The summed E-state index contributed by atoms with van der Waals surface area (Å²) in [6.45, 7) is 3.93. The summed E-state index contributed by atoms with van der Waals surface area (Å²) in [5, 5.41) is 10.4. The fraction of sp³-hybridized carbons (Fsp3) is 0.500. The van der Waals surface area contributed by atoms with Gasteiger partial charge in [0.15, 0.2) is 5.96 Å². The molecule has 0 saturated carbocycles.